The first kappa shape index (κ1) is 28.1. The number of fused-ring (bicyclic) bond motifs is 3. The Balaban J connectivity index is 1.37. The van der Waals surface area contributed by atoms with E-state index in [2.05, 4.69) is 181 Å². The van der Waals surface area contributed by atoms with Crippen LogP contribution in [0.3, 0.4) is 0 Å². The Morgan fingerprint density at radius 2 is 1.00 bits per heavy atom. The Morgan fingerprint density at radius 1 is 0.533 bits per heavy atom. The highest BCUT2D eigenvalue weighted by molar-refractivity contribution is 5.87. The van der Waals surface area contributed by atoms with Gasteiger partial charge in [-0.2, -0.15) is 0 Å². The van der Waals surface area contributed by atoms with Crippen LogP contribution in [0.2, 0.25) is 0 Å². The molecule has 0 unspecified atom stereocenters. The number of allylic oxidation sites excluding steroid dienone is 5. The maximum absolute atomic E-state index is 3.90. The first-order valence-electron chi connectivity index (χ1n) is 15.5. The van der Waals surface area contributed by atoms with Gasteiger partial charge in [0.2, 0.25) is 0 Å². The van der Waals surface area contributed by atoms with Gasteiger partial charge < -0.3 is 4.90 Å². The fraction of sp³-hybridized carbons (Fsp3) is 0.0455. The Kier molecular flexibility index (Phi) is 7.59. The summed E-state index contributed by atoms with van der Waals surface area (Å²) in [5.41, 5.74) is 13.0. The molecule has 0 saturated carbocycles. The van der Waals surface area contributed by atoms with E-state index >= 15 is 0 Å². The monoisotopic (exact) mass is 577 g/mol. The highest BCUT2D eigenvalue weighted by Gasteiger charge is 2.45. The average molecular weight is 578 g/mol. The molecular weight excluding hydrogens is 542 g/mol. The third-order valence-corrected chi connectivity index (χ3v) is 8.83. The minimum absolute atomic E-state index is 0.410. The molecule has 45 heavy (non-hydrogen) atoms. The SMILES string of the molecule is C=C/C=C(\C=C/C)c1ccc(N(c2ccccc2)c2ccc(C3(c4ccccc4)c4ccccc4-c4ccccc43)cc2)cc1. The lowest BCUT2D eigenvalue weighted by Crippen LogP contribution is -2.28. The van der Waals surface area contributed by atoms with Gasteiger partial charge in [0.25, 0.3) is 0 Å². The zero-order valence-corrected chi connectivity index (χ0v) is 25.5. The lowest BCUT2D eigenvalue weighted by Gasteiger charge is -2.34. The van der Waals surface area contributed by atoms with Gasteiger partial charge in [-0.05, 0) is 87.8 Å². The summed E-state index contributed by atoms with van der Waals surface area (Å²) in [6, 6.07) is 57.3. The lowest BCUT2D eigenvalue weighted by molar-refractivity contribution is 0.768. The van der Waals surface area contributed by atoms with Crippen molar-refractivity contribution in [1.82, 2.24) is 0 Å². The predicted molar refractivity (Wildman–Crippen MR) is 191 cm³/mol. The highest BCUT2D eigenvalue weighted by Crippen LogP contribution is 2.56. The van der Waals surface area contributed by atoms with Crippen LogP contribution in [0.15, 0.2) is 189 Å². The minimum Gasteiger partial charge on any atom is -0.311 e. The van der Waals surface area contributed by atoms with Crippen molar-refractivity contribution in [2.75, 3.05) is 4.90 Å². The quantitative estimate of drug-likeness (QED) is 0.162. The highest BCUT2D eigenvalue weighted by atomic mass is 15.1. The van der Waals surface area contributed by atoms with Gasteiger partial charge in [-0.3, -0.25) is 0 Å². The molecule has 0 aromatic heterocycles. The van der Waals surface area contributed by atoms with E-state index in [1.807, 2.05) is 19.1 Å². The molecule has 0 saturated heterocycles. The standard InChI is InChI=1S/C44H35N/c1-3-15-33(16-4-2)34-25-29-38(30-26-34)45(37-19-9-6-10-20-37)39-31-27-36(28-32-39)44(35-17-7-5-8-18-35)42-23-13-11-21-40(42)41-22-12-14-24-43(41)44/h3-32H,1H2,2H3/b16-4-,33-15+. The molecule has 1 nitrogen and oxygen atoms in total. The fourth-order valence-corrected chi connectivity index (χ4v) is 6.95. The van der Waals surface area contributed by atoms with Gasteiger partial charge in [0, 0.05) is 17.1 Å². The predicted octanol–water partition coefficient (Wildman–Crippen LogP) is 11.7. The summed E-state index contributed by atoms with van der Waals surface area (Å²) >= 11 is 0. The van der Waals surface area contributed by atoms with Crippen LogP contribution in [0.25, 0.3) is 16.7 Å². The molecule has 0 atom stereocenters. The van der Waals surface area contributed by atoms with Crippen LogP contribution < -0.4 is 4.90 Å². The zero-order valence-electron chi connectivity index (χ0n) is 25.5. The molecule has 0 heterocycles. The second-order valence-corrected chi connectivity index (χ2v) is 11.3. The fourth-order valence-electron chi connectivity index (χ4n) is 6.95. The summed E-state index contributed by atoms with van der Waals surface area (Å²) < 4.78 is 0. The van der Waals surface area contributed by atoms with Gasteiger partial charge in [-0.25, -0.2) is 0 Å². The van der Waals surface area contributed by atoms with Crippen LogP contribution in [0.1, 0.15) is 34.7 Å². The first-order valence-corrected chi connectivity index (χ1v) is 15.5. The molecule has 0 spiro atoms. The van der Waals surface area contributed by atoms with Crippen LogP contribution in [0.4, 0.5) is 17.1 Å². The van der Waals surface area contributed by atoms with Crippen molar-refractivity contribution < 1.29 is 0 Å². The normalized spacial score (nSPS) is 13.3. The molecule has 6 aromatic carbocycles. The van der Waals surface area contributed by atoms with Crippen molar-refractivity contribution in [3.8, 4) is 11.1 Å². The van der Waals surface area contributed by atoms with Gasteiger partial charge >= 0.3 is 0 Å². The largest absolute Gasteiger partial charge is 0.311 e. The summed E-state index contributed by atoms with van der Waals surface area (Å²) in [5, 5.41) is 0. The molecule has 0 amide bonds. The topological polar surface area (TPSA) is 3.24 Å². The number of para-hydroxylation sites is 1. The summed E-state index contributed by atoms with van der Waals surface area (Å²) in [5.74, 6) is 0. The van der Waals surface area contributed by atoms with Crippen LogP contribution in [-0.2, 0) is 5.41 Å². The van der Waals surface area contributed by atoms with Crippen molar-refractivity contribution in [3.63, 3.8) is 0 Å². The molecule has 0 fully saturated rings. The first-order chi connectivity index (χ1) is 22.3. The van der Waals surface area contributed by atoms with E-state index in [0.29, 0.717) is 0 Å². The summed E-state index contributed by atoms with van der Waals surface area (Å²) in [6.07, 6.45) is 8.06. The van der Waals surface area contributed by atoms with E-state index in [4.69, 9.17) is 0 Å². The number of benzene rings is 6. The van der Waals surface area contributed by atoms with Gasteiger partial charge in [0.1, 0.15) is 0 Å². The van der Waals surface area contributed by atoms with Crippen molar-refractivity contribution in [2.24, 2.45) is 0 Å². The van der Waals surface area contributed by atoms with E-state index in [1.165, 1.54) is 33.4 Å². The molecule has 1 aliphatic rings. The molecule has 1 aliphatic carbocycles. The zero-order chi connectivity index (χ0) is 30.6. The Bertz CT molecular complexity index is 1950. The van der Waals surface area contributed by atoms with Gasteiger partial charge in [-0.1, -0.05) is 152 Å². The molecule has 0 aliphatic heterocycles. The Morgan fingerprint density at radius 3 is 1.56 bits per heavy atom. The average Bonchev–Trinajstić information content (AvgIpc) is 3.41. The molecule has 1 heteroatoms. The summed E-state index contributed by atoms with van der Waals surface area (Å²) in [4.78, 5) is 2.33. The van der Waals surface area contributed by atoms with E-state index in [9.17, 15) is 0 Å². The van der Waals surface area contributed by atoms with Gasteiger partial charge in [0.15, 0.2) is 0 Å². The van der Waals surface area contributed by atoms with Crippen molar-refractivity contribution in [1.29, 1.82) is 0 Å². The van der Waals surface area contributed by atoms with Gasteiger partial charge in [0.05, 0.1) is 5.41 Å². The lowest BCUT2D eigenvalue weighted by atomic mass is 9.68. The van der Waals surface area contributed by atoms with E-state index in [-0.39, 0.29) is 0 Å². The smallest absolute Gasteiger partial charge is 0.0713 e. The number of hydrogen-bond donors (Lipinski definition) is 0. The summed E-state index contributed by atoms with van der Waals surface area (Å²) in [6.45, 7) is 5.94. The van der Waals surface area contributed by atoms with E-state index in [0.717, 1.165) is 28.2 Å². The third kappa shape index (κ3) is 4.83. The number of rotatable bonds is 8. The maximum Gasteiger partial charge on any atom is 0.0713 e. The number of hydrogen-bond acceptors (Lipinski definition) is 1. The second-order valence-electron chi connectivity index (χ2n) is 11.3. The Hall–Kier alpha value is -5.66. The molecule has 0 radical (unpaired) electrons. The van der Waals surface area contributed by atoms with Gasteiger partial charge in [-0.15, -0.1) is 0 Å². The molecular formula is C44H35N. The van der Waals surface area contributed by atoms with Crippen molar-refractivity contribution >= 4 is 22.6 Å². The van der Waals surface area contributed by atoms with E-state index < -0.39 is 5.41 Å². The molecule has 0 bridgehead atoms. The molecule has 216 valence electrons. The van der Waals surface area contributed by atoms with E-state index in [1.54, 1.807) is 0 Å². The molecule has 7 rings (SSSR count). The van der Waals surface area contributed by atoms with Crippen LogP contribution in [0.5, 0.6) is 0 Å². The van der Waals surface area contributed by atoms with Crippen molar-refractivity contribution in [3.05, 3.63) is 216 Å². The molecule has 6 aromatic rings. The summed E-state index contributed by atoms with van der Waals surface area (Å²) in [7, 11) is 0. The third-order valence-electron chi connectivity index (χ3n) is 8.83. The van der Waals surface area contributed by atoms with Crippen LogP contribution >= 0.6 is 0 Å². The number of nitrogens with zero attached hydrogens (tertiary/aromatic N) is 1. The Labute approximate surface area is 266 Å². The van der Waals surface area contributed by atoms with Crippen molar-refractivity contribution in [2.45, 2.75) is 12.3 Å². The van der Waals surface area contributed by atoms with Crippen LogP contribution in [-0.4, -0.2) is 0 Å². The maximum atomic E-state index is 3.90. The minimum atomic E-state index is -0.410. The van der Waals surface area contributed by atoms with Crippen LogP contribution in [0, 0.1) is 0 Å². The second kappa shape index (κ2) is 12.1. The number of anilines is 3. The molecule has 0 N–H and O–H groups in total.